The molecule has 37 heavy (non-hydrogen) atoms. The zero-order valence-electron chi connectivity index (χ0n) is 21.9. The molecule has 0 N–H and O–H groups in total. The molecule has 4 rings (SSSR count). The maximum atomic E-state index is 15.0. The van der Waals surface area contributed by atoms with Gasteiger partial charge in [0.1, 0.15) is 18.2 Å². The highest BCUT2D eigenvalue weighted by atomic mass is 19.1. The molecule has 196 valence electrons. The molecule has 4 heteroatoms. The fourth-order valence-corrected chi connectivity index (χ4v) is 6.06. The van der Waals surface area contributed by atoms with E-state index in [0.29, 0.717) is 11.5 Å². The molecule has 4 atom stereocenters. The van der Waals surface area contributed by atoms with Crippen LogP contribution >= 0.6 is 0 Å². The summed E-state index contributed by atoms with van der Waals surface area (Å²) in [6, 6.07) is 7.19. The van der Waals surface area contributed by atoms with E-state index in [9.17, 15) is 13.2 Å². The molecule has 0 saturated heterocycles. The highest BCUT2D eigenvalue weighted by molar-refractivity contribution is 5.47. The maximum absolute atomic E-state index is 15.0. The average molecular weight is 507 g/mol. The first kappa shape index (κ1) is 27.1. The standard InChI is InChI=1S/C33H37F3O/c1-3-5-7-8-23-9-12-26-20-27(14-13-25(26)18-23)28-21-30(34)29(31(35)22-28)15-10-24-11-16-33(32(36)19-24)37-17-6-4-2/h3-6,11,16,19,21-23,25-27H,7-9,12-14,17-18,20H2,1-2H3/b5-3+,6-4+. The molecule has 0 heterocycles. The number of allylic oxidation sites excluding steroid dienone is 3. The Kier molecular flexibility index (Phi) is 9.56. The van der Waals surface area contributed by atoms with Gasteiger partial charge >= 0.3 is 0 Å². The molecule has 0 radical (unpaired) electrons. The fourth-order valence-electron chi connectivity index (χ4n) is 6.06. The second-order valence-corrected chi connectivity index (χ2v) is 10.5. The first-order valence-electron chi connectivity index (χ1n) is 13.6. The molecule has 2 aliphatic carbocycles. The third kappa shape index (κ3) is 7.10. The summed E-state index contributed by atoms with van der Waals surface area (Å²) in [7, 11) is 0. The largest absolute Gasteiger partial charge is 0.486 e. The molecule has 4 unspecified atom stereocenters. The summed E-state index contributed by atoms with van der Waals surface area (Å²) >= 11 is 0. The van der Waals surface area contributed by atoms with Crippen LogP contribution in [-0.2, 0) is 0 Å². The molecule has 1 nitrogen and oxygen atoms in total. The van der Waals surface area contributed by atoms with E-state index in [-0.39, 0.29) is 23.8 Å². The number of fused-ring (bicyclic) bond motifs is 1. The first-order valence-corrected chi connectivity index (χ1v) is 13.6. The van der Waals surface area contributed by atoms with Gasteiger partial charge in [-0.15, -0.1) is 0 Å². The maximum Gasteiger partial charge on any atom is 0.166 e. The molecule has 2 aromatic carbocycles. The summed E-state index contributed by atoms with van der Waals surface area (Å²) in [5.41, 5.74) is 0.800. The van der Waals surface area contributed by atoms with Crippen molar-refractivity contribution in [2.24, 2.45) is 17.8 Å². The highest BCUT2D eigenvalue weighted by Crippen LogP contribution is 2.48. The third-order valence-corrected chi connectivity index (χ3v) is 8.07. The van der Waals surface area contributed by atoms with E-state index in [1.165, 1.54) is 56.4 Å². The summed E-state index contributed by atoms with van der Waals surface area (Å²) in [5.74, 6) is 5.93. The fraction of sp³-hybridized carbons (Fsp3) is 0.455. The van der Waals surface area contributed by atoms with Crippen LogP contribution in [0.1, 0.15) is 87.8 Å². The van der Waals surface area contributed by atoms with E-state index >= 15 is 0 Å². The highest BCUT2D eigenvalue weighted by Gasteiger charge is 2.36. The van der Waals surface area contributed by atoms with Gasteiger partial charge in [-0.3, -0.25) is 0 Å². The van der Waals surface area contributed by atoms with Crippen molar-refractivity contribution in [3.8, 4) is 17.6 Å². The van der Waals surface area contributed by atoms with Crippen molar-refractivity contribution in [2.45, 2.75) is 71.1 Å². The number of hydrogen-bond donors (Lipinski definition) is 0. The van der Waals surface area contributed by atoms with Crippen molar-refractivity contribution in [2.75, 3.05) is 6.61 Å². The lowest BCUT2D eigenvalue weighted by Gasteiger charge is -2.42. The average Bonchev–Trinajstić information content (AvgIpc) is 2.89. The molecule has 0 aliphatic heterocycles. The third-order valence-electron chi connectivity index (χ3n) is 8.07. The smallest absolute Gasteiger partial charge is 0.166 e. The Morgan fingerprint density at radius 2 is 1.57 bits per heavy atom. The van der Waals surface area contributed by atoms with Gasteiger partial charge in [0, 0.05) is 5.56 Å². The van der Waals surface area contributed by atoms with Gasteiger partial charge in [-0.1, -0.05) is 42.6 Å². The summed E-state index contributed by atoms with van der Waals surface area (Å²) < 4.78 is 49.5. The molecular weight excluding hydrogens is 469 g/mol. The molecule has 2 aromatic rings. The predicted octanol–water partition coefficient (Wildman–Crippen LogP) is 9.11. The normalized spacial score (nSPS) is 23.6. The van der Waals surface area contributed by atoms with Gasteiger partial charge in [0.05, 0.1) is 5.56 Å². The topological polar surface area (TPSA) is 9.23 Å². The lowest BCUT2D eigenvalue weighted by molar-refractivity contribution is 0.115. The van der Waals surface area contributed by atoms with Crippen LogP contribution in [0.15, 0.2) is 54.6 Å². The minimum Gasteiger partial charge on any atom is -0.486 e. The van der Waals surface area contributed by atoms with E-state index in [4.69, 9.17) is 4.74 Å². The summed E-state index contributed by atoms with van der Waals surface area (Å²) in [4.78, 5) is 0. The van der Waals surface area contributed by atoms with Crippen LogP contribution in [0.3, 0.4) is 0 Å². The Morgan fingerprint density at radius 1 is 0.838 bits per heavy atom. The molecular formula is C33H37F3O. The monoisotopic (exact) mass is 506 g/mol. The second kappa shape index (κ2) is 13.0. The Morgan fingerprint density at radius 3 is 2.30 bits per heavy atom. The zero-order valence-corrected chi connectivity index (χ0v) is 21.9. The van der Waals surface area contributed by atoms with Gasteiger partial charge < -0.3 is 4.74 Å². The summed E-state index contributed by atoms with van der Waals surface area (Å²) in [6.07, 6.45) is 17.3. The van der Waals surface area contributed by atoms with Crippen LogP contribution in [0, 0.1) is 47.0 Å². The summed E-state index contributed by atoms with van der Waals surface area (Å²) in [6.45, 7) is 4.19. The number of ether oxygens (including phenoxy) is 1. The van der Waals surface area contributed by atoms with Crippen molar-refractivity contribution in [3.63, 3.8) is 0 Å². The zero-order chi connectivity index (χ0) is 26.2. The van der Waals surface area contributed by atoms with Gasteiger partial charge in [-0.2, -0.15) is 0 Å². The van der Waals surface area contributed by atoms with E-state index in [2.05, 4.69) is 30.9 Å². The SMILES string of the molecule is C/C=C/CCC1CCC2CC(c3cc(F)c(C#Cc4ccc(OC/C=C/C)c(F)c4)c(F)c3)CCC2C1. The van der Waals surface area contributed by atoms with E-state index in [0.717, 1.165) is 36.7 Å². The van der Waals surface area contributed by atoms with Crippen molar-refractivity contribution < 1.29 is 17.9 Å². The van der Waals surface area contributed by atoms with E-state index < -0.39 is 17.5 Å². The first-order chi connectivity index (χ1) is 18.0. The second-order valence-electron chi connectivity index (χ2n) is 10.5. The van der Waals surface area contributed by atoms with Crippen LogP contribution < -0.4 is 4.74 Å². The van der Waals surface area contributed by atoms with Gasteiger partial charge in [-0.05, 0) is 118 Å². The number of rotatable bonds is 7. The predicted molar refractivity (Wildman–Crippen MR) is 144 cm³/mol. The minimum atomic E-state index is -0.649. The van der Waals surface area contributed by atoms with Gasteiger partial charge in [-0.25, -0.2) is 13.2 Å². The molecule has 0 amide bonds. The molecule has 2 fully saturated rings. The van der Waals surface area contributed by atoms with Crippen LogP contribution in [0.25, 0.3) is 0 Å². The molecule has 0 aromatic heterocycles. The van der Waals surface area contributed by atoms with Gasteiger partial charge in [0.2, 0.25) is 0 Å². The molecule has 0 spiro atoms. The molecule has 2 saturated carbocycles. The minimum absolute atomic E-state index is 0.113. The lowest BCUT2D eigenvalue weighted by Crippen LogP contribution is -2.30. The number of halogens is 3. The van der Waals surface area contributed by atoms with Crippen molar-refractivity contribution in [1.82, 2.24) is 0 Å². The van der Waals surface area contributed by atoms with E-state index in [1.807, 2.05) is 13.0 Å². The van der Waals surface area contributed by atoms with Crippen LogP contribution in [0.2, 0.25) is 0 Å². The Balaban J connectivity index is 1.40. The number of benzene rings is 2. The number of hydrogen-bond acceptors (Lipinski definition) is 1. The molecule has 2 aliphatic rings. The van der Waals surface area contributed by atoms with Crippen molar-refractivity contribution in [3.05, 3.63) is 88.8 Å². The summed E-state index contributed by atoms with van der Waals surface area (Å²) in [5, 5.41) is 0. The van der Waals surface area contributed by atoms with Crippen molar-refractivity contribution >= 4 is 0 Å². The van der Waals surface area contributed by atoms with Gasteiger partial charge in [0.25, 0.3) is 0 Å². The Hall–Kier alpha value is -2.93. The Bertz CT molecular complexity index is 1160. The van der Waals surface area contributed by atoms with Gasteiger partial charge in [0.15, 0.2) is 11.6 Å². The van der Waals surface area contributed by atoms with Crippen LogP contribution in [0.4, 0.5) is 13.2 Å². The lowest BCUT2D eigenvalue weighted by atomic mass is 9.63. The Labute approximate surface area is 219 Å². The van der Waals surface area contributed by atoms with Crippen LogP contribution in [-0.4, -0.2) is 6.61 Å². The van der Waals surface area contributed by atoms with Crippen LogP contribution in [0.5, 0.6) is 5.75 Å². The molecule has 0 bridgehead atoms. The van der Waals surface area contributed by atoms with E-state index in [1.54, 1.807) is 12.1 Å². The quantitative estimate of drug-likeness (QED) is 0.269. The van der Waals surface area contributed by atoms with Crippen molar-refractivity contribution in [1.29, 1.82) is 0 Å².